The number of carbonyl (C=O) groups excluding carboxylic acids is 1. The van der Waals surface area contributed by atoms with Crippen molar-refractivity contribution in [3.63, 3.8) is 0 Å². The quantitative estimate of drug-likeness (QED) is 0.751. The second kappa shape index (κ2) is 6.76. The van der Waals surface area contributed by atoms with E-state index in [0.717, 1.165) is 28.9 Å². The van der Waals surface area contributed by atoms with E-state index in [0.29, 0.717) is 5.56 Å². The van der Waals surface area contributed by atoms with E-state index in [-0.39, 0.29) is 18.0 Å². The Morgan fingerprint density at radius 2 is 2.15 bits per heavy atom. The molecule has 0 fully saturated rings. The van der Waals surface area contributed by atoms with Gasteiger partial charge in [0.1, 0.15) is 0 Å². The third kappa shape index (κ3) is 2.98. The normalized spacial score (nSPS) is 16.7. The van der Waals surface area contributed by atoms with Crippen molar-refractivity contribution in [2.75, 3.05) is 5.75 Å². The topological polar surface area (TPSA) is 59.8 Å². The maximum atomic E-state index is 12.9. The predicted octanol–water partition coefficient (Wildman–Crippen LogP) is 4.29. The molecule has 0 bridgehead atoms. The highest BCUT2D eigenvalue weighted by atomic mass is 32.2. The summed E-state index contributed by atoms with van der Waals surface area (Å²) >= 11 is 1.85. The lowest BCUT2D eigenvalue weighted by Crippen LogP contribution is -2.31. The van der Waals surface area contributed by atoms with Gasteiger partial charge < -0.3 is 5.32 Å². The van der Waals surface area contributed by atoms with Gasteiger partial charge in [-0.3, -0.25) is 4.79 Å². The number of hydrogen-bond acceptors (Lipinski definition) is 4. The summed E-state index contributed by atoms with van der Waals surface area (Å²) in [5, 5.41) is 8.51. The van der Waals surface area contributed by atoms with Crippen LogP contribution in [0.3, 0.4) is 0 Å². The fraction of sp³-hybridized carbons (Fsp3) is 0.350. The zero-order valence-electron chi connectivity index (χ0n) is 15.2. The first kappa shape index (κ1) is 17.1. The van der Waals surface area contributed by atoms with Crippen molar-refractivity contribution in [2.45, 2.75) is 44.2 Å². The van der Waals surface area contributed by atoms with Crippen molar-refractivity contribution in [2.24, 2.45) is 0 Å². The second-order valence-electron chi connectivity index (χ2n) is 6.92. The summed E-state index contributed by atoms with van der Waals surface area (Å²) in [5.74, 6) is 0.945. The third-order valence-corrected chi connectivity index (χ3v) is 5.88. The first-order chi connectivity index (χ1) is 12.5. The molecule has 0 spiro atoms. The fourth-order valence-electron chi connectivity index (χ4n) is 3.40. The van der Waals surface area contributed by atoms with Crippen LogP contribution >= 0.6 is 11.8 Å². The van der Waals surface area contributed by atoms with E-state index in [9.17, 15) is 4.79 Å². The minimum absolute atomic E-state index is 0.0495. The van der Waals surface area contributed by atoms with Gasteiger partial charge in [0.25, 0.3) is 5.91 Å². The number of nitrogens with zero attached hydrogens (tertiary/aromatic N) is 3. The van der Waals surface area contributed by atoms with Crippen LogP contribution in [0.15, 0.2) is 41.4 Å². The van der Waals surface area contributed by atoms with Gasteiger partial charge >= 0.3 is 0 Å². The number of aryl methyl sites for hydroxylation is 1. The molecule has 1 amide bonds. The third-order valence-electron chi connectivity index (χ3n) is 4.76. The highest BCUT2D eigenvalue weighted by Gasteiger charge is 2.23. The average molecular weight is 366 g/mol. The smallest absolute Gasteiger partial charge is 0.253 e. The lowest BCUT2D eigenvalue weighted by atomic mass is 10.0. The summed E-state index contributed by atoms with van der Waals surface area (Å²) in [6, 6.07) is 10.5. The molecular formula is C20H22N4OS. The summed E-state index contributed by atoms with van der Waals surface area (Å²) in [6.07, 6.45) is 2.72. The van der Waals surface area contributed by atoms with E-state index in [2.05, 4.69) is 41.4 Å². The van der Waals surface area contributed by atoms with E-state index < -0.39 is 0 Å². The van der Waals surface area contributed by atoms with Crippen LogP contribution < -0.4 is 5.32 Å². The molecule has 0 aliphatic carbocycles. The fourth-order valence-corrected chi connectivity index (χ4v) is 4.53. The lowest BCUT2D eigenvalue weighted by molar-refractivity contribution is 0.0934. The van der Waals surface area contributed by atoms with Gasteiger partial charge in [0.05, 0.1) is 23.5 Å². The van der Waals surface area contributed by atoms with Crippen LogP contribution in [-0.4, -0.2) is 26.4 Å². The van der Waals surface area contributed by atoms with E-state index in [1.807, 2.05) is 41.6 Å². The maximum Gasteiger partial charge on any atom is 0.253 e. The Hall–Kier alpha value is -2.34. The van der Waals surface area contributed by atoms with Crippen LogP contribution in [0.4, 0.5) is 0 Å². The minimum Gasteiger partial charge on any atom is -0.345 e. The molecule has 0 radical (unpaired) electrons. The van der Waals surface area contributed by atoms with Crippen LogP contribution in [0.2, 0.25) is 0 Å². The number of pyridine rings is 1. The number of nitrogens with one attached hydrogen (secondary N) is 1. The van der Waals surface area contributed by atoms with Gasteiger partial charge in [-0.1, -0.05) is 18.2 Å². The van der Waals surface area contributed by atoms with Crippen molar-refractivity contribution in [3.8, 4) is 0 Å². The van der Waals surface area contributed by atoms with Crippen molar-refractivity contribution in [3.05, 3.63) is 53.3 Å². The molecular weight excluding hydrogens is 344 g/mol. The van der Waals surface area contributed by atoms with Crippen LogP contribution in [0, 0.1) is 6.92 Å². The number of carbonyl (C=O) groups is 1. The molecule has 6 heteroatoms. The molecule has 5 nitrogen and oxygen atoms in total. The Morgan fingerprint density at radius 1 is 1.35 bits per heavy atom. The first-order valence-corrected chi connectivity index (χ1v) is 9.90. The van der Waals surface area contributed by atoms with Crippen LogP contribution in [0.1, 0.15) is 54.0 Å². The zero-order valence-corrected chi connectivity index (χ0v) is 16.0. The Bertz CT molecular complexity index is 979. The zero-order chi connectivity index (χ0) is 18.3. The van der Waals surface area contributed by atoms with Gasteiger partial charge in [0.15, 0.2) is 5.65 Å². The Labute approximate surface area is 157 Å². The largest absolute Gasteiger partial charge is 0.345 e. The molecule has 1 aromatic carbocycles. The van der Waals surface area contributed by atoms with Gasteiger partial charge in [0, 0.05) is 22.1 Å². The molecule has 4 rings (SSSR count). The Balaban J connectivity index is 1.64. The molecule has 1 atom stereocenters. The van der Waals surface area contributed by atoms with Crippen LogP contribution in [0.5, 0.6) is 0 Å². The number of benzene rings is 1. The molecule has 3 heterocycles. The molecule has 1 aliphatic rings. The summed E-state index contributed by atoms with van der Waals surface area (Å²) in [5.41, 5.74) is 3.39. The minimum atomic E-state index is -0.0686. The van der Waals surface area contributed by atoms with Gasteiger partial charge in [-0.15, -0.1) is 11.8 Å². The first-order valence-electron chi connectivity index (χ1n) is 8.92. The number of aromatic nitrogens is 3. The molecule has 0 saturated heterocycles. The lowest BCUT2D eigenvalue weighted by Gasteiger charge is -2.26. The van der Waals surface area contributed by atoms with E-state index in [4.69, 9.17) is 0 Å². The van der Waals surface area contributed by atoms with Gasteiger partial charge in [-0.05, 0) is 44.9 Å². The Morgan fingerprint density at radius 3 is 2.96 bits per heavy atom. The van der Waals surface area contributed by atoms with Crippen molar-refractivity contribution in [1.29, 1.82) is 0 Å². The van der Waals surface area contributed by atoms with E-state index in [1.165, 1.54) is 10.5 Å². The van der Waals surface area contributed by atoms with Crippen LogP contribution in [-0.2, 0) is 0 Å². The van der Waals surface area contributed by atoms with Crippen LogP contribution in [0.25, 0.3) is 11.0 Å². The SMILES string of the molecule is Cc1nc2c(cnn2C(C)C)cc1C(=O)N[C@H]1CCSc2ccccc21. The monoisotopic (exact) mass is 366 g/mol. The average Bonchev–Trinajstić information content (AvgIpc) is 3.04. The van der Waals surface area contributed by atoms with Gasteiger partial charge in [0.2, 0.25) is 0 Å². The molecule has 26 heavy (non-hydrogen) atoms. The summed E-state index contributed by atoms with van der Waals surface area (Å²) in [7, 11) is 0. The van der Waals surface area contributed by atoms with Gasteiger partial charge in [-0.25, -0.2) is 9.67 Å². The molecule has 0 saturated carbocycles. The molecule has 134 valence electrons. The number of hydrogen-bond donors (Lipinski definition) is 1. The molecule has 1 aliphatic heterocycles. The van der Waals surface area contributed by atoms with E-state index >= 15 is 0 Å². The maximum absolute atomic E-state index is 12.9. The summed E-state index contributed by atoms with van der Waals surface area (Å²) < 4.78 is 1.89. The van der Waals surface area contributed by atoms with Gasteiger partial charge in [-0.2, -0.15) is 5.10 Å². The Kier molecular flexibility index (Phi) is 4.44. The standard InChI is InChI=1S/C20H22N4OS/c1-12(2)24-19-14(11-21-24)10-16(13(3)22-19)20(25)23-17-8-9-26-18-7-5-4-6-15(17)18/h4-7,10-12,17H,8-9H2,1-3H3,(H,23,25)/t17-/m0/s1. The molecule has 1 N–H and O–H groups in total. The van der Waals surface area contributed by atoms with Crippen molar-refractivity contribution < 1.29 is 4.79 Å². The summed E-state index contributed by atoms with van der Waals surface area (Å²) in [4.78, 5) is 18.9. The highest BCUT2D eigenvalue weighted by molar-refractivity contribution is 7.99. The molecule has 0 unspecified atom stereocenters. The molecule has 3 aromatic rings. The van der Waals surface area contributed by atoms with Crippen molar-refractivity contribution in [1.82, 2.24) is 20.1 Å². The van der Waals surface area contributed by atoms with Crippen molar-refractivity contribution >= 4 is 28.7 Å². The highest BCUT2D eigenvalue weighted by Crippen LogP contribution is 2.36. The predicted molar refractivity (Wildman–Crippen MR) is 105 cm³/mol. The number of amides is 1. The van der Waals surface area contributed by atoms with E-state index in [1.54, 1.807) is 6.20 Å². The number of rotatable bonds is 3. The molecule has 2 aromatic heterocycles. The summed E-state index contributed by atoms with van der Waals surface area (Å²) in [6.45, 7) is 6.03. The number of thioether (sulfide) groups is 1. The second-order valence-corrected chi connectivity index (χ2v) is 8.05. The number of fused-ring (bicyclic) bond motifs is 2.